The van der Waals surface area contributed by atoms with E-state index in [1.165, 1.54) is 11.1 Å². The molecule has 1 nitrogen and oxygen atoms in total. The Bertz CT molecular complexity index is 311. The largest absolute Gasteiger partial charge is 0.264 e. The minimum atomic E-state index is 0.957. The molecule has 0 aliphatic heterocycles. The van der Waals surface area contributed by atoms with E-state index in [0.29, 0.717) is 0 Å². The molecule has 0 fully saturated rings. The van der Waals surface area contributed by atoms with Crippen LogP contribution in [0.15, 0.2) is 42.8 Å². The fourth-order valence-corrected chi connectivity index (χ4v) is 1.12. The topological polar surface area (TPSA) is 12.9 Å². The maximum atomic E-state index is 4.13. The molecule has 0 atom stereocenters. The molecule has 0 aromatic carbocycles. The van der Waals surface area contributed by atoms with Gasteiger partial charge in [-0.3, -0.25) is 4.98 Å². The lowest BCUT2D eigenvalue weighted by Gasteiger charge is -1.96. The van der Waals surface area contributed by atoms with Crippen LogP contribution in [0.25, 0.3) is 0 Å². The van der Waals surface area contributed by atoms with E-state index < -0.39 is 0 Å². The van der Waals surface area contributed by atoms with Crippen LogP contribution in [0.5, 0.6) is 0 Å². The summed E-state index contributed by atoms with van der Waals surface area (Å²) in [6.45, 7) is 4.07. The molecule has 0 amide bonds. The van der Waals surface area contributed by atoms with Crippen molar-refractivity contribution in [3.05, 3.63) is 53.9 Å². The first-order chi connectivity index (χ1) is 6.33. The van der Waals surface area contributed by atoms with Crippen molar-refractivity contribution < 1.29 is 0 Å². The van der Waals surface area contributed by atoms with E-state index in [1.807, 2.05) is 31.5 Å². The van der Waals surface area contributed by atoms with Crippen LogP contribution in [-0.4, -0.2) is 4.98 Å². The number of aryl methyl sites for hydroxylation is 1. The maximum absolute atomic E-state index is 4.13. The van der Waals surface area contributed by atoms with Crippen molar-refractivity contribution in [2.45, 2.75) is 20.3 Å². The fraction of sp³-hybridized carbons (Fsp3) is 0.250. The first kappa shape index (κ1) is 9.72. The standard InChI is InChI=1S/C12H15N/c1-3-4-5-6-7-12-8-11(2)9-13-10-12/h3-6,8-10H,7H2,1-2H3/b4-3-,6-5-. The normalized spacial score (nSPS) is 11.5. The molecule has 0 N–H and O–H groups in total. The zero-order valence-corrected chi connectivity index (χ0v) is 8.20. The number of pyridine rings is 1. The number of allylic oxidation sites excluding steroid dienone is 4. The molecule has 68 valence electrons. The lowest BCUT2D eigenvalue weighted by Crippen LogP contribution is -1.84. The van der Waals surface area contributed by atoms with E-state index in [1.54, 1.807) is 0 Å². The molecule has 0 radical (unpaired) electrons. The third-order valence-electron chi connectivity index (χ3n) is 1.72. The summed E-state index contributed by atoms with van der Waals surface area (Å²) in [5.41, 5.74) is 2.48. The Kier molecular flexibility index (Phi) is 3.97. The number of nitrogens with zero attached hydrogens (tertiary/aromatic N) is 1. The van der Waals surface area contributed by atoms with Crippen molar-refractivity contribution in [3.63, 3.8) is 0 Å². The second-order valence-electron chi connectivity index (χ2n) is 3.03. The molecule has 0 spiro atoms. The summed E-state index contributed by atoms with van der Waals surface area (Å²) < 4.78 is 0. The van der Waals surface area contributed by atoms with E-state index >= 15 is 0 Å². The summed E-state index contributed by atoms with van der Waals surface area (Å²) in [4.78, 5) is 4.13. The van der Waals surface area contributed by atoms with E-state index in [-0.39, 0.29) is 0 Å². The van der Waals surface area contributed by atoms with Crippen LogP contribution in [0.3, 0.4) is 0 Å². The van der Waals surface area contributed by atoms with Gasteiger partial charge in [-0.25, -0.2) is 0 Å². The van der Waals surface area contributed by atoms with Gasteiger partial charge in [0, 0.05) is 12.4 Å². The predicted octanol–water partition coefficient (Wildman–Crippen LogP) is 3.06. The molecule has 1 aromatic heterocycles. The van der Waals surface area contributed by atoms with Crippen molar-refractivity contribution >= 4 is 0 Å². The lowest BCUT2D eigenvalue weighted by atomic mass is 10.1. The highest BCUT2D eigenvalue weighted by Gasteiger charge is 1.89. The second kappa shape index (κ2) is 5.31. The Balaban J connectivity index is 2.54. The van der Waals surface area contributed by atoms with E-state index in [9.17, 15) is 0 Å². The first-order valence-electron chi connectivity index (χ1n) is 4.51. The van der Waals surface area contributed by atoms with Gasteiger partial charge in [0.1, 0.15) is 0 Å². The van der Waals surface area contributed by atoms with Crippen molar-refractivity contribution in [2.24, 2.45) is 0 Å². The van der Waals surface area contributed by atoms with Crippen molar-refractivity contribution in [2.75, 3.05) is 0 Å². The molecule has 0 aliphatic rings. The number of hydrogen-bond donors (Lipinski definition) is 0. The van der Waals surface area contributed by atoms with Crippen LogP contribution < -0.4 is 0 Å². The summed E-state index contributed by atoms with van der Waals surface area (Å²) in [7, 11) is 0. The van der Waals surface area contributed by atoms with Gasteiger partial charge in [-0.1, -0.05) is 30.4 Å². The smallest absolute Gasteiger partial charge is 0.0303 e. The van der Waals surface area contributed by atoms with Gasteiger partial charge in [0.15, 0.2) is 0 Å². The Labute approximate surface area is 79.8 Å². The van der Waals surface area contributed by atoms with Crippen molar-refractivity contribution in [1.82, 2.24) is 4.98 Å². The molecular weight excluding hydrogens is 158 g/mol. The summed E-state index contributed by atoms with van der Waals surface area (Å²) >= 11 is 0. The average molecular weight is 173 g/mol. The summed E-state index contributed by atoms with van der Waals surface area (Å²) in [5.74, 6) is 0. The van der Waals surface area contributed by atoms with Gasteiger partial charge in [-0.15, -0.1) is 0 Å². The minimum absolute atomic E-state index is 0.957. The predicted molar refractivity (Wildman–Crippen MR) is 56.6 cm³/mol. The van der Waals surface area contributed by atoms with Gasteiger partial charge in [0.05, 0.1) is 0 Å². The first-order valence-corrected chi connectivity index (χ1v) is 4.51. The third kappa shape index (κ3) is 3.70. The molecule has 0 bridgehead atoms. The number of hydrogen-bond acceptors (Lipinski definition) is 1. The van der Waals surface area contributed by atoms with Crippen LogP contribution in [-0.2, 0) is 6.42 Å². The summed E-state index contributed by atoms with van der Waals surface area (Å²) in [5, 5.41) is 0. The van der Waals surface area contributed by atoms with Crippen molar-refractivity contribution in [3.8, 4) is 0 Å². The Morgan fingerprint density at radius 3 is 2.85 bits per heavy atom. The molecule has 1 rings (SSSR count). The van der Waals surface area contributed by atoms with Gasteiger partial charge in [0.25, 0.3) is 0 Å². The Hall–Kier alpha value is -1.37. The molecule has 13 heavy (non-hydrogen) atoms. The fourth-order valence-electron chi connectivity index (χ4n) is 1.12. The molecule has 0 aliphatic carbocycles. The van der Waals surface area contributed by atoms with Gasteiger partial charge in [-0.05, 0) is 31.4 Å². The van der Waals surface area contributed by atoms with Crippen LogP contribution in [0.2, 0.25) is 0 Å². The van der Waals surface area contributed by atoms with Crippen LogP contribution in [0.4, 0.5) is 0 Å². The van der Waals surface area contributed by atoms with Gasteiger partial charge >= 0.3 is 0 Å². The van der Waals surface area contributed by atoms with Gasteiger partial charge in [-0.2, -0.15) is 0 Å². The second-order valence-corrected chi connectivity index (χ2v) is 3.03. The molecule has 1 heterocycles. The molecule has 0 unspecified atom stereocenters. The maximum Gasteiger partial charge on any atom is 0.0303 e. The molecule has 0 saturated carbocycles. The number of aromatic nitrogens is 1. The Morgan fingerprint density at radius 2 is 2.15 bits per heavy atom. The van der Waals surface area contributed by atoms with Crippen molar-refractivity contribution in [1.29, 1.82) is 0 Å². The SMILES string of the molecule is C/C=C\C=C/Cc1cncc(C)c1. The highest BCUT2D eigenvalue weighted by atomic mass is 14.6. The minimum Gasteiger partial charge on any atom is -0.264 e. The highest BCUT2D eigenvalue weighted by molar-refractivity contribution is 5.19. The zero-order chi connectivity index (χ0) is 9.52. The molecule has 0 saturated heterocycles. The monoisotopic (exact) mass is 173 g/mol. The molecule has 1 aromatic rings. The average Bonchev–Trinajstić information content (AvgIpc) is 2.13. The van der Waals surface area contributed by atoms with E-state index in [2.05, 4.69) is 30.1 Å². The van der Waals surface area contributed by atoms with E-state index in [0.717, 1.165) is 6.42 Å². The van der Waals surface area contributed by atoms with E-state index in [4.69, 9.17) is 0 Å². The Morgan fingerprint density at radius 1 is 1.31 bits per heavy atom. The van der Waals surface area contributed by atoms with Crippen LogP contribution in [0.1, 0.15) is 18.1 Å². The van der Waals surface area contributed by atoms with Crippen LogP contribution >= 0.6 is 0 Å². The third-order valence-corrected chi connectivity index (χ3v) is 1.72. The van der Waals surface area contributed by atoms with Crippen LogP contribution in [0, 0.1) is 6.92 Å². The number of rotatable bonds is 3. The quantitative estimate of drug-likeness (QED) is 0.640. The lowest BCUT2D eigenvalue weighted by molar-refractivity contribution is 1.16. The van der Waals surface area contributed by atoms with Gasteiger partial charge < -0.3 is 0 Å². The molecular formula is C12H15N. The summed E-state index contributed by atoms with van der Waals surface area (Å²) in [6.07, 6.45) is 13.0. The zero-order valence-electron chi connectivity index (χ0n) is 8.20. The summed E-state index contributed by atoms with van der Waals surface area (Å²) in [6, 6.07) is 2.16. The molecule has 1 heteroatoms. The highest BCUT2D eigenvalue weighted by Crippen LogP contribution is 2.02. The van der Waals surface area contributed by atoms with Gasteiger partial charge in [0.2, 0.25) is 0 Å².